The average Bonchev–Trinajstić information content (AvgIpc) is 2.33. The topological polar surface area (TPSA) is 21.3 Å². The smallest absolute Gasteiger partial charge is 0.123 e. The molecule has 106 valence electrons. The van der Waals surface area contributed by atoms with Gasteiger partial charge in [-0.2, -0.15) is 0 Å². The zero-order chi connectivity index (χ0) is 14.3. The second kappa shape index (κ2) is 7.29. The minimum Gasteiger partial charge on any atom is -0.493 e. The fourth-order valence-electron chi connectivity index (χ4n) is 1.60. The summed E-state index contributed by atoms with van der Waals surface area (Å²) >= 11 is 0. The van der Waals surface area contributed by atoms with Gasteiger partial charge in [-0.25, -0.2) is 4.39 Å². The molecule has 0 radical (unpaired) electrons. The maximum Gasteiger partial charge on any atom is 0.123 e. The van der Waals surface area contributed by atoms with Crippen molar-refractivity contribution in [2.75, 3.05) is 6.61 Å². The minimum atomic E-state index is -0.232. The number of halogens is 1. The van der Waals surface area contributed by atoms with Gasteiger partial charge in [-0.3, -0.25) is 0 Å². The Morgan fingerprint density at radius 1 is 1.37 bits per heavy atom. The van der Waals surface area contributed by atoms with Gasteiger partial charge in [-0.05, 0) is 51.8 Å². The van der Waals surface area contributed by atoms with Crippen LogP contribution < -0.4 is 10.1 Å². The summed E-state index contributed by atoms with van der Waals surface area (Å²) in [5, 5.41) is 3.34. The second-order valence-electron chi connectivity index (χ2n) is 5.63. The standard InChI is InChI=1S/C16H24FNO/c1-5-6-7-10-19-15-9-8-14(17)11-13(15)12-18-16(2,3)4/h5,8-9,11,18H,1,6-7,10,12H2,2-4H3. The number of allylic oxidation sites excluding steroid dienone is 1. The maximum atomic E-state index is 13.3. The Balaban J connectivity index is 2.65. The summed E-state index contributed by atoms with van der Waals surface area (Å²) < 4.78 is 19.0. The number of nitrogens with one attached hydrogen (secondary N) is 1. The molecule has 0 amide bonds. The van der Waals surface area contributed by atoms with Crippen molar-refractivity contribution < 1.29 is 9.13 Å². The normalized spacial score (nSPS) is 11.4. The number of benzene rings is 1. The molecule has 0 spiro atoms. The summed E-state index contributed by atoms with van der Waals surface area (Å²) in [5.41, 5.74) is 0.848. The van der Waals surface area contributed by atoms with Crippen molar-refractivity contribution in [3.63, 3.8) is 0 Å². The van der Waals surface area contributed by atoms with Crippen molar-refractivity contribution in [3.05, 3.63) is 42.2 Å². The summed E-state index contributed by atoms with van der Waals surface area (Å²) in [7, 11) is 0. The zero-order valence-corrected chi connectivity index (χ0v) is 12.1. The van der Waals surface area contributed by atoms with E-state index < -0.39 is 0 Å². The van der Waals surface area contributed by atoms with E-state index in [1.807, 2.05) is 6.08 Å². The third kappa shape index (κ3) is 6.39. The molecule has 19 heavy (non-hydrogen) atoms. The lowest BCUT2D eigenvalue weighted by Gasteiger charge is -2.21. The molecule has 1 rings (SSSR count). The van der Waals surface area contributed by atoms with Crippen LogP contribution in [0, 0.1) is 5.82 Å². The monoisotopic (exact) mass is 265 g/mol. The van der Waals surface area contributed by atoms with Crippen molar-refractivity contribution in [2.45, 2.75) is 45.7 Å². The van der Waals surface area contributed by atoms with E-state index in [-0.39, 0.29) is 11.4 Å². The van der Waals surface area contributed by atoms with Crippen molar-refractivity contribution in [2.24, 2.45) is 0 Å². The largest absolute Gasteiger partial charge is 0.493 e. The first-order valence-corrected chi connectivity index (χ1v) is 6.69. The Labute approximate surface area is 115 Å². The quantitative estimate of drug-likeness (QED) is 0.593. The lowest BCUT2D eigenvalue weighted by atomic mass is 10.1. The third-order valence-electron chi connectivity index (χ3n) is 2.64. The fourth-order valence-corrected chi connectivity index (χ4v) is 1.60. The van der Waals surface area contributed by atoms with Crippen molar-refractivity contribution in [3.8, 4) is 5.75 Å². The highest BCUT2D eigenvalue weighted by Gasteiger charge is 2.11. The van der Waals surface area contributed by atoms with Gasteiger partial charge in [0, 0.05) is 17.6 Å². The van der Waals surface area contributed by atoms with Gasteiger partial charge in [-0.1, -0.05) is 6.08 Å². The molecule has 0 aliphatic rings. The van der Waals surface area contributed by atoms with Gasteiger partial charge in [0.1, 0.15) is 11.6 Å². The molecule has 0 unspecified atom stereocenters. The summed E-state index contributed by atoms with van der Waals surface area (Å²) in [6.45, 7) is 11.1. The van der Waals surface area contributed by atoms with Gasteiger partial charge in [0.25, 0.3) is 0 Å². The number of hydrogen-bond acceptors (Lipinski definition) is 2. The Morgan fingerprint density at radius 3 is 2.74 bits per heavy atom. The zero-order valence-electron chi connectivity index (χ0n) is 12.1. The van der Waals surface area contributed by atoms with E-state index in [4.69, 9.17) is 4.74 Å². The molecule has 0 saturated carbocycles. The van der Waals surface area contributed by atoms with Crippen LogP contribution >= 0.6 is 0 Å². The predicted molar refractivity (Wildman–Crippen MR) is 77.9 cm³/mol. The van der Waals surface area contributed by atoms with Crippen LogP contribution in [0.1, 0.15) is 39.2 Å². The van der Waals surface area contributed by atoms with Gasteiger partial charge >= 0.3 is 0 Å². The van der Waals surface area contributed by atoms with E-state index >= 15 is 0 Å². The van der Waals surface area contributed by atoms with Crippen LogP contribution in [0.5, 0.6) is 5.75 Å². The number of unbranched alkanes of at least 4 members (excludes halogenated alkanes) is 1. The van der Waals surface area contributed by atoms with E-state index in [0.29, 0.717) is 13.2 Å². The van der Waals surface area contributed by atoms with Gasteiger partial charge in [0.05, 0.1) is 6.61 Å². The van der Waals surface area contributed by atoms with Gasteiger partial charge in [0.2, 0.25) is 0 Å². The molecule has 0 saturated heterocycles. The van der Waals surface area contributed by atoms with E-state index in [1.165, 1.54) is 12.1 Å². The summed E-state index contributed by atoms with van der Waals surface area (Å²) in [4.78, 5) is 0. The molecule has 3 heteroatoms. The SMILES string of the molecule is C=CCCCOc1ccc(F)cc1CNC(C)(C)C. The molecule has 0 fully saturated rings. The Bertz CT molecular complexity index is 410. The highest BCUT2D eigenvalue weighted by Crippen LogP contribution is 2.21. The summed E-state index contributed by atoms with van der Waals surface area (Å²) in [5.74, 6) is 0.520. The molecule has 1 aromatic rings. The van der Waals surface area contributed by atoms with Crippen molar-refractivity contribution >= 4 is 0 Å². The molecule has 1 N–H and O–H groups in total. The average molecular weight is 265 g/mol. The second-order valence-corrected chi connectivity index (χ2v) is 5.63. The Kier molecular flexibility index (Phi) is 6.03. The molecule has 0 aliphatic carbocycles. The van der Waals surface area contributed by atoms with Crippen LogP contribution in [0.3, 0.4) is 0 Å². The number of hydrogen-bond donors (Lipinski definition) is 1. The molecule has 0 aromatic heterocycles. The molecular formula is C16H24FNO. The first-order chi connectivity index (χ1) is 8.92. The van der Waals surface area contributed by atoms with Gasteiger partial charge < -0.3 is 10.1 Å². The van der Waals surface area contributed by atoms with Crippen LogP contribution in [-0.2, 0) is 6.54 Å². The highest BCUT2D eigenvalue weighted by molar-refractivity contribution is 5.34. The van der Waals surface area contributed by atoms with Crippen molar-refractivity contribution in [1.82, 2.24) is 5.32 Å². The highest BCUT2D eigenvalue weighted by atomic mass is 19.1. The molecule has 2 nitrogen and oxygen atoms in total. The number of ether oxygens (including phenoxy) is 1. The van der Waals surface area contributed by atoms with Crippen LogP contribution in [-0.4, -0.2) is 12.1 Å². The van der Waals surface area contributed by atoms with Crippen LogP contribution in [0.25, 0.3) is 0 Å². The first-order valence-electron chi connectivity index (χ1n) is 6.69. The first kappa shape index (κ1) is 15.7. The molecule has 0 aliphatic heterocycles. The molecule has 0 atom stereocenters. The minimum absolute atomic E-state index is 0.00751. The fraction of sp³-hybridized carbons (Fsp3) is 0.500. The predicted octanol–water partition coefficient (Wildman–Crippen LogP) is 4.06. The maximum absolute atomic E-state index is 13.3. The summed E-state index contributed by atoms with van der Waals surface area (Å²) in [6, 6.07) is 4.66. The third-order valence-corrected chi connectivity index (χ3v) is 2.64. The van der Waals surface area contributed by atoms with Gasteiger partial charge in [0.15, 0.2) is 0 Å². The molecule has 0 bridgehead atoms. The van der Waals surface area contributed by atoms with Crippen LogP contribution in [0.4, 0.5) is 4.39 Å². The van der Waals surface area contributed by atoms with E-state index in [1.54, 1.807) is 6.07 Å². The lowest BCUT2D eigenvalue weighted by molar-refractivity contribution is 0.305. The van der Waals surface area contributed by atoms with Crippen LogP contribution in [0.15, 0.2) is 30.9 Å². The van der Waals surface area contributed by atoms with E-state index in [2.05, 4.69) is 32.7 Å². The Hall–Kier alpha value is -1.35. The Morgan fingerprint density at radius 2 is 2.11 bits per heavy atom. The molecule has 0 heterocycles. The van der Waals surface area contributed by atoms with E-state index in [9.17, 15) is 4.39 Å². The van der Waals surface area contributed by atoms with E-state index in [0.717, 1.165) is 24.2 Å². The number of rotatable bonds is 7. The van der Waals surface area contributed by atoms with Crippen LogP contribution in [0.2, 0.25) is 0 Å². The summed E-state index contributed by atoms with van der Waals surface area (Å²) in [6.07, 6.45) is 3.72. The van der Waals surface area contributed by atoms with Crippen molar-refractivity contribution in [1.29, 1.82) is 0 Å². The lowest BCUT2D eigenvalue weighted by Crippen LogP contribution is -2.35. The molecular weight excluding hydrogens is 241 g/mol. The van der Waals surface area contributed by atoms with Gasteiger partial charge in [-0.15, -0.1) is 6.58 Å². The molecule has 1 aromatic carbocycles.